The number of nitrogens with zero attached hydrogens (tertiary/aromatic N) is 2. The standard InChI is InChI=1S/C14H15Cl2N3O2/c15-9-2-1-8(11(16)6-9)5-13-18-14(21-19-13)12-4-3-10(7-17)20-12/h1-2,6,10,12H,3-5,7,17H2. The summed E-state index contributed by atoms with van der Waals surface area (Å²) in [5, 5.41) is 5.17. The highest BCUT2D eigenvalue weighted by atomic mass is 35.5. The van der Waals surface area contributed by atoms with Gasteiger partial charge < -0.3 is 15.0 Å². The molecule has 112 valence electrons. The molecule has 1 fully saturated rings. The van der Waals surface area contributed by atoms with E-state index in [2.05, 4.69) is 10.1 Å². The Morgan fingerprint density at radius 1 is 1.29 bits per heavy atom. The van der Waals surface area contributed by atoms with Crippen molar-refractivity contribution in [2.75, 3.05) is 6.54 Å². The van der Waals surface area contributed by atoms with Crippen LogP contribution in [0.1, 0.15) is 36.2 Å². The Kier molecular flexibility index (Phi) is 4.45. The van der Waals surface area contributed by atoms with Gasteiger partial charge in [-0.05, 0) is 30.5 Å². The fraction of sp³-hybridized carbons (Fsp3) is 0.429. The van der Waals surface area contributed by atoms with Crippen LogP contribution in [0.4, 0.5) is 0 Å². The molecule has 5 nitrogen and oxygen atoms in total. The highest BCUT2D eigenvalue weighted by Gasteiger charge is 2.29. The number of hydrogen-bond donors (Lipinski definition) is 1. The van der Waals surface area contributed by atoms with Crippen LogP contribution in [0.5, 0.6) is 0 Å². The predicted molar refractivity (Wildman–Crippen MR) is 79.5 cm³/mol. The minimum absolute atomic E-state index is 0.0797. The second-order valence-corrected chi connectivity index (χ2v) is 5.86. The van der Waals surface area contributed by atoms with Crippen LogP contribution in [0.3, 0.4) is 0 Å². The van der Waals surface area contributed by atoms with E-state index in [9.17, 15) is 0 Å². The van der Waals surface area contributed by atoms with Crippen LogP contribution in [-0.4, -0.2) is 22.8 Å². The third-order valence-corrected chi connectivity index (χ3v) is 4.08. The molecule has 2 atom stereocenters. The number of benzene rings is 1. The highest BCUT2D eigenvalue weighted by Crippen LogP contribution is 2.31. The Morgan fingerprint density at radius 3 is 2.86 bits per heavy atom. The minimum atomic E-state index is -0.152. The maximum Gasteiger partial charge on any atom is 0.255 e. The first-order chi connectivity index (χ1) is 10.2. The SMILES string of the molecule is NCC1CCC(c2nc(Cc3ccc(Cl)cc3Cl)no2)O1. The molecule has 1 saturated heterocycles. The summed E-state index contributed by atoms with van der Waals surface area (Å²) < 4.78 is 11.0. The number of hydrogen-bond acceptors (Lipinski definition) is 5. The molecule has 2 aromatic rings. The van der Waals surface area contributed by atoms with Crippen molar-refractivity contribution in [2.24, 2.45) is 5.73 Å². The molecule has 2 N–H and O–H groups in total. The lowest BCUT2D eigenvalue weighted by molar-refractivity contribution is 0.0307. The van der Waals surface area contributed by atoms with Crippen LogP contribution in [0, 0.1) is 0 Å². The van der Waals surface area contributed by atoms with Crippen molar-refractivity contribution >= 4 is 23.2 Å². The molecular formula is C14H15Cl2N3O2. The van der Waals surface area contributed by atoms with E-state index in [1.807, 2.05) is 6.07 Å². The summed E-state index contributed by atoms with van der Waals surface area (Å²) in [4.78, 5) is 4.38. The van der Waals surface area contributed by atoms with Gasteiger partial charge in [-0.3, -0.25) is 0 Å². The van der Waals surface area contributed by atoms with Crippen LogP contribution in [0.2, 0.25) is 10.0 Å². The van der Waals surface area contributed by atoms with E-state index in [1.165, 1.54) is 0 Å². The molecule has 7 heteroatoms. The first-order valence-corrected chi connectivity index (χ1v) is 7.53. The molecule has 3 rings (SSSR count). The molecule has 2 heterocycles. The molecule has 1 aromatic carbocycles. The smallest absolute Gasteiger partial charge is 0.255 e. The number of nitrogens with two attached hydrogens (primary N) is 1. The third-order valence-electron chi connectivity index (χ3n) is 3.49. The van der Waals surface area contributed by atoms with Gasteiger partial charge in [-0.25, -0.2) is 0 Å². The predicted octanol–water partition coefficient (Wildman–Crippen LogP) is 3.15. The van der Waals surface area contributed by atoms with Crippen molar-refractivity contribution in [2.45, 2.75) is 31.5 Å². The van der Waals surface area contributed by atoms with Gasteiger partial charge in [-0.15, -0.1) is 0 Å². The number of aromatic nitrogens is 2. The van der Waals surface area contributed by atoms with E-state index in [-0.39, 0.29) is 12.2 Å². The van der Waals surface area contributed by atoms with E-state index in [0.717, 1.165) is 18.4 Å². The lowest BCUT2D eigenvalue weighted by atomic mass is 10.1. The van der Waals surface area contributed by atoms with Gasteiger partial charge in [0.25, 0.3) is 5.89 Å². The molecule has 0 bridgehead atoms. The molecule has 1 aromatic heterocycles. The van der Waals surface area contributed by atoms with E-state index in [4.69, 9.17) is 38.2 Å². The summed E-state index contributed by atoms with van der Waals surface area (Å²) in [6, 6.07) is 5.35. The summed E-state index contributed by atoms with van der Waals surface area (Å²) in [6.45, 7) is 0.512. The maximum absolute atomic E-state index is 6.14. The zero-order valence-corrected chi connectivity index (χ0v) is 12.8. The molecule has 0 spiro atoms. The van der Waals surface area contributed by atoms with Crippen LogP contribution in [-0.2, 0) is 11.2 Å². The largest absolute Gasteiger partial charge is 0.364 e. The molecule has 2 unspecified atom stereocenters. The van der Waals surface area contributed by atoms with Crippen LogP contribution >= 0.6 is 23.2 Å². The van der Waals surface area contributed by atoms with Gasteiger partial charge in [-0.1, -0.05) is 34.4 Å². The van der Waals surface area contributed by atoms with Crippen molar-refractivity contribution < 1.29 is 9.26 Å². The second-order valence-electron chi connectivity index (χ2n) is 5.02. The van der Waals surface area contributed by atoms with Crippen LogP contribution < -0.4 is 5.73 Å². The van der Waals surface area contributed by atoms with Gasteiger partial charge in [0.1, 0.15) is 6.10 Å². The topological polar surface area (TPSA) is 74.2 Å². The third kappa shape index (κ3) is 3.37. The zero-order valence-electron chi connectivity index (χ0n) is 11.3. The van der Waals surface area contributed by atoms with Gasteiger partial charge in [-0.2, -0.15) is 4.98 Å². The highest BCUT2D eigenvalue weighted by molar-refractivity contribution is 6.35. The maximum atomic E-state index is 6.14. The van der Waals surface area contributed by atoms with Crippen molar-refractivity contribution in [3.8, 4) is 0 Å². The van der Waals surface area contributed by atoms with E-state index >= 15 is 0 Å². The van der Waals surface area contributed by atoms with E-state index in [0.29, 0.717) is 34.7 Å². The van der Waals surface area contributed by atoms with Gasteiger partial charge in [0, 0.05) is 23.0 Å². The van der Waals surface area contributed by atoms with E-state index < -0.39 is 0 Å². The summed E-state index contributed by atoms with van der Waals surface area (Å²) in [5.41, 5.74) is 6.50. The Balaban J connectivity index is 1.70. The molecular weight excluding hydrogens is 313 g/mol. The Bertz CT molecular complexity index is 632. The lowest BCUT2D eigenvalue weighted by Gasteiger charge is -2.07. The summed E-state index contributed by atoms with van der Waals surface area (Å²) in [5.74, 6) is 1.08. The first kappa shape index (κ1) is 14.8. The lowest BCUT2D eigenvalue weighted by Crippen LogP contribution is -2.18. The Hall–Kier alpha value is -1.14. The second kappa shape index (κ2) is 6.32. The molecule has 0 aliphatic carbocycles. The van der Waals surface area contributed by atoms with Crippen molar-refractivity contribution in [1.29, 1.82) is 0 Å². The van der Waals surface area contributed by atoms with Crippen molar-refractivity contribution in [3.05, 3.63) is 45.5 Å². The number of halogens is 2. The fourth-order valence-corrected chi connectivity index (χ4v) is 2.84. The van der Waals surface area contributed by atoms with Gasteiger partial charge >= 0.3 is 0 Å². The molecule has 0 amide bonds. The van der Waals surface area contributed by atoms with Crippen molar-refractivity contribution in [1.82, 2.24) is 10.1 Å². The zero-order chi connectivity index (χ0) is 14.8. The number of rotatable bonds is 4. The van der Waals surface area contributed by atoms with Gasteiger partial charge in [0.2, 0.25) is 0 Å². The quantitative estimate of drug-likeness (QED) is 0.933. The van der Waals surface area contributed by atoms with Crippen molar-refractivity contribution in [3.63, 3.8) is 0 Å². The number of ether oxygens (including phenoxy) is 1. The van der Waals surface area contributed by atoms with Gasteiger partial charge in [0.05, 0.1) is 6.10 Å². The van der Waals surface area contributed by atoms with Crippen LogP contribution in [0.25, 0.3) is 0 Å². The van der Waals surface area contributed by atoms with Gasteiger partial charge in [0.15, 0.2) is 5.82 Å². The Labute approximate surface area is 132 Å². The molecule has 21 heavy (non-hydrogen) atoms. The molecule has 0 radical (unpaired) electrons. The summed E-state index contributed by atoms with van der Waals surface area (Å²) >= 11 is 12.0. The first-order valence-electron chi connectivity index (χ1n) is 6.77. The summed E-state index contributed by atoms with van der Waals surface area (Å²) in [7, 11) is 0. The molecule has 1 aliphatic heterocycles. The minimum Gasteiger partial charge on any atom is -0.364 e. The Morgan fingerprint density at radius 2 is 2.14 bits per heavy atom. The normalized spacial score (nSPS) is 21.9. The average molecular weight is 328 g/mol. The monoisotopic (exact) mass is 327 g/mol. The van der Waals surface area contributed by atoms with E-state index in [1.54, 1.807) is 12.1 Å². The summed E-state index contributed by atoms with van der Waals surface area (Å²) in [6.07, 6.45) is 2.19. The fourth-order valence-electron chi connectivity index (χ4n) is 2.37. The molecule has 0 saturated carbocycles. The average Bonchev–Trinajstić information content (AvgIpc) is 3.10. The molecule has 1 aliphatic rings. The van der Waals surface area contributed by atoms with Crippen LogP contribution in [0.15, 0.2) is 22.7 Å².